The molecule has 0 radical (unpaired) electrons. The number of nitrogens with zero attached hydrogens (tertiary/aromatic N) is 1. The summed E-state index contributed by atoms with van der Waals surface area (Å²) in [6.07, 6.45) is 3.45. The highest BCUT2D eigenvalue weighted by Gasteiger charge is 2.08. The lowest BCUT2D eigenvalue weighted by Crippen LogP contribution is -2.02. The highest BCUT2D eigenvalue weighted by Crippen LogP contribution is 2.21. The monoisotopic (exact) mass is 241 g/mol. The predicted octanol–water partition coefficient (Wildman–Crippen LogP) is 3.17. The smallest absolute Gasteiger partial charge is 0.163 e. The largest absolute Gasteiger partial charge is 0.488 e. The van der Waals surface area contributed by atoms with E-state index in [1.807, 2.05) is 31.2 Å². The predicted molar refractivity (Wildman–Crippen MR) is 69.8 cm³/mol. The minimum absolute atomic E-state index is 0.0136. The molecule has 0 aliphatic heterocycles. The van der Waals surface area contributed by atoms with Gasteiger partial charge < -0.3 is 4.74 Å². The second kappa shape index (κ2) is 5.45. The minimum atomic E-state index is 0.0136. The summed E-state index contributed by atoms with van der Waals surface area (Å²) in [6, 6.07) is 9.39. The maximum Gasteiger partial charge on any atom is 0.163 e. The fourth-order valence-electron chi connectivity index (χ4n) is 1.68. The number of carbonyl (C=O) groups is 1. The Morgan fingerprint density at radius 1 is 1.22 bits per heavy atom. The first-order chi connectivity index (χ1) is 8.66. The third-order valence-electron chi connectivity index (χ3n) is 2.66. The van der Waals surface area contributed by atoms with Crippen LogP contribution < -0.4 is 4.74 Å². The van der Waals surface area contributed by atoms with E-state index in [2.05, 4.69) is 4.98 Å². The zero-order valence-corrected chi connectivity index (χ0v) is 10.5. The van der Waals surface area contributed by atoms with Crippen molar-refractivity contribution in [1.82, 2.24) is 4.98 Å². The molecular formula is C15H15NO2. The van der Waals surface area contributed by atoms with Crippen molar-refractivity contribution in [3.63, 3.8) is 0 Å². The summed E-state index contributed by atoms with van der Waals surface area (Å²) in [5, 5.41) is 0. The fraction of sp³-hybridized carbons (Fsp3) is 0.200. The Morgan fingerprint density at radius 2 is 1.94 bits per heavy atom. The molecule has 1 aromatic carbocycles. The maximum atomic E-state index is 11.5. The van der Waals surface area contributed by atoms with Gasteiger partial charge in [-0.3, -0.25) is 9.78 Å². The maximum absolute atomic E-state index is 11.5. The lowest BCUT2D eigenvalue weighted by atomic mass is 10.1. The van der Waals surface area contributed by atoms with Crippen LogP contribution in [0.25, 0.3) is 0 Å². The molecule has 18 heavy (non-hydrogen) atoms. The first kappa shape index (κ1) is 12.3. The number of rotatable bonds is 4. The number of carbonyl (C=O) groups excluding carboxylic acids is 1. The molecule has 0 spiro atoms. The van der Waals surface area contributed by atoms with Gasteiger partial charge in [-0.1, -0.05) is 6.07 Å². The molecule has 92 valence electrons. The van der Waals surface area contributed by atoms with Crippen LogP contribution in [0.4, 0.5) is 0 Å². The molecule has 3 nitrogen and oxygen atoms in total. The average molecular weight is 241 g/mol. The number of ketones is 1. The fourth-order valence-corrected chi connectivity index (χ4v) is 1.68. The van der Waals surface area contributed by atoms with Gasteiger partial charge in [0.2, 0.25) is 0 Å². The van der Waals surface area contributed by atoms with Crippen molar-refractivity contribution < 1.29 is 9.53 Å². The Labute approximate surface area is 106 Å². The van der Waals surface area contributed by atoms with Crippen LogP contribution in [0, 0.1) is 6.92 Å². The molecule has 0 aliphatic carbocycles. The van der Waals surface area contributed by atoms with Crippen LogP contribution in [-0.4, -0.2) is 10.8 Å². The van der Waals surface area contributed by atoms with Gasteiger partial charge in [0, 0.05) is 12.4 Å². The van der Waals surface area contributed by atoms with E-state index in [1.54, 1.807) is 25.4 Å². The SMILES string of the molecule is CC(=O)c1ccc(C)cc1OCc1ccncc1. The molecule has 0 atom stereocenters. The number of aromatic nitrogens is 1. The van der Waals surface area contributed by atoms with Gasteiger partial charge in [-0.15, -0.1) is 0 Å². The second-order valence-electron chi connectivity index (χ2n) is 4.20. The van der Waals surface area contributed by atoms with E-state index in [1.165, 1.54) is 0 Å². The molecule has 0 amide bonds. The summed E-state index contributed by atoms with van der Waals surface area (Å²) < 4.78 is 5.72. The van der Waals surface area contributed by atoms with Crippen LogP contribution in [0.15, 0.2) is 42.7 Å². The van der Waals surface area contributed by atoms with Crippen molar-refractivity contribution in [2.75, 3.05) is 0 Å². The van der Waals surface area contributed by atoms with Gasteiger partial charge >= 0.3 is 0 Å². The van der Waals surface area contributed by atoms with Crippen LogP contribution in [0.3, 0.4) is 0 Å². The van der Waals surface area contributed by atoms with Crippen LogP contribution in [-0.2, 0) is 6.61 Å². The highest BCUT2D eigenvalue weighted by molar-refractivity contribution is 5.96. The summed E-state index contributed by atoms with van der Waals surface area (Å²) in [4.78, 5) is 15.4. The van der Waals surface area contributed by atoms with E-state index < -0.39 is 0 Å². The van der Waals surface area contributed by atoms with E-state index >= 15 is 0 Å². The number of Topliss-reactive ketones (excluding diaryl/α,β-unsaturated/α-hetero) is 1. The molecule has 0 bridgehead atoms. The van der Waals surface area contributed by atoms with Crippen molar-refractivity contribution in [3.05, 3.63) is 59.4 Å². The van der Waals surface area contributed by atoms with Gasteiger partial charge in [0.25, 0.3) is 0 Å². The summed E-state index contributed by atoms with van der Waals surface area (Å²) in [6.45, 7) is 3.96. The zero-order valence-electron chi connectivity index (χ0n) is 10.5. The molecule has 0 N–H and O–H groups in total. The Balaban J connectivity index is 2.18. The van der Waals surface area contributed by atoms with Crippen molar-refractivity contribution in [1.29, 1.82) is 0 Å². The van der Waals surface area contributed by atoms with Crippen LogP contribution in [0.2, 0.25) is 0 Å². The molecule has 0 fully saturated rings. The number of pyridine rings is 1. The second-order valence-corrected chi connectivity index (χ2v) is 4.20. The lowest BCUT2D eigenvalue weighted by molar-refractivity contribution is 0.101. The summed E-state index contributed by atoms with van der Waals surface area (Å²) in [5.74, 6) is 0.652. The Kier molecular flexibility index (Phi) is 3.72. The van der Waals surface area contributed by atoms with Gasteiger partial charge in [-0.2, -0.15) is 0 Å². The lowest BCUT2D eigenvalue weighted by Gasteiger charge is -2.10. The van der Waals surface area contributed by atoms with Crippen LogP contribution in [0.5, 0.6) is 5.75 Å². The van der Waals surface area contributed by atoms with Gasteiger partial charge in [0.1, 0.15) is 12.4 Å². The average Bonchev–Trinajstić information content (AvgIpc) is 2.37. The number of hydrogen-bond donors (Lipinski definition) is 0. The normalized spacial score (nSPS) is 10.1. The molecule has 0 saturated carbocycles. The topological polar surface area (TPSA) is 39.2 Å². The van der Waals surface area contributed by atoms with E-state index in [0.717, 1.165) is 11.1 Å². The number of aryl methyl sites for hydroxylation is 1. The Bertz CT molecular complexity index is 550. The van der Waals surface area contributed by atoms with Crippen LogP contribution in [0.1, 0.15) is 28.4 Å². The summed E-state index contributed by atoms with van der Waals surface area (Å²) in [7, 11) is 0. The Morgan fingerprint density at radius 3 is 2.61 bits per heavy atom. The number of ether oxygens (including phenoxy) is 1. The van der Waals surface area contributed by atoms with Crippen molar-refractivity contribution in [2.45, 2.75) is 20.5 Å². The molecule has 0 aliphatic rings. The standard InChI is InChI=1S/C15H15NO2/c1-11-3-4-14(12(2)17)15(9-11)18-10-13-5-7-16-8-6-13/h3-9H,10H2,1-2H3. The van der Waals surface area contributed by atoms with Crippen molar-refractivity contribution in [3.8, 4) is 5.75 Å². The first-order valence-electron chi connectivity index (χ1n) is 5.80. The molecular weight excluding hydrogens is 226 g/mol. The van der Waals surface area contributed by atoms with E-state index in [4.69, 9.17) is 4.74 Å². The third kappa shape index (κ3) is 2.94. The van der Waals surface area contributed by atoms with E-state index in [9.17, 15) is 4.79 Å². The minimum Gasteiger partial charge on any atom is -0.488 e. The summed E-state index contributed by atoms with van der Waals surface area (Å²) >= 11 is 0. The first-order valence-corrected chi connectivity index (χ1v) is 5.80. The highest BCUT2D eigenvalue weighted by atomic mass is 16.5. The van der Waals surface area contributed by atoms with Gasteiger partial charge in [-0.25, -0.2) is 0 Å². The molecule has 1 aromatic heterocycles. The number of benzene rings is 1. The molecule has 2 rings (SSSR count). The van der Waals surface area contributed by atoms with Crippen molar-refractivity contribution in [2.24, 2.45) is 0 Å². The molecule has 3 heteroatoms. The van der Waals surface area contributed by atoms with E-state index in [-0.39, 0.29) is 5.78 Å². The van der Waals surface area contributed by atoms with Gasteiger partial charge in [0.15, 0.2) is 5.78 Å². The quantitative estimate of drug-likeness (QED) is 0.772. The summed E-state index contributed by atoms with van der Waals surface area (Å²) in [5.41, 5.74) is 2.72. The van der Waals surface area contributed by atoms with E-state index in [0.29, 0.717) is 17.9 Å². The molecule has 0 saturated heterocycles. The molecule has 1 heterocycles. The van der Waals surface area contributed by atoms with Gasteiger partial charge in [0.05, 0.1) is 5.56 Å². The van der Waals surface area contributed by atoms with Crippen LogP contribution >= 0.6 is 0 Å². The Hall–Kier alpha value is -2.16. The van der Waals surface area contributed by atoms with Crippen molar-refractivity contribution >= 4 is 5.78 Å². The number of hydrogen-bond acceptors (Lipinski definition) is 3. The molecule has 2 aromatic rings. The zero-order chi connectivity index (χ0) is 13.0. The van der Waals surface area contributed by atoms with Gasteiger partial charge in [-0.05, 0) is 49.2 Å². The third-order valence-corrected chi connectivity index (χ3v) is 2.66. The molecule has 0 unspecified atom stereocenters.